The second-order valence-electron chi connectivity index (χ2n) is 5.79. The van der Waals surface area contributed by atoms with Gasteiger partial charge in [-0.05, 0) is 42.8 Å². The molecule has 5 nitrogen and oxygen atoms in total. The number of H-pyrrole nitrogens is 1. The molecule has 2 heterocycles. The highest BCUT2D eigenvalue weighted by Gasteiger charge is 2.16. The highest BCUT2D eigenvalue weighted by Crippen LogP contribution is 2.19. The van der Waals surface area contributed by atoms with Crippen molar-refractivity contribution in [2.45, 2.75) is 6.92 Å². The number of benzene rings is 2. The molecule has 0 atom stereocenters. The molecule has 6 heteroatoms. The largest absolute Gasteiger partial charge is 0.281 e. The Bertz CT molecular complexity index is 1200. The highest BCUT2D eigenvalue weighted by molar-refractivity contribution is 6.30. The van der Waals surface area contributed by atoms with Crippen LogP contribution in [0, 0.1) is 6.92 Å². The van der Waals surface area contributed by atoms with Crippen molar-refractivity contribution in [3.05, 3.63) is 92.0 Å². The molecule has 2 aromatic carbocycles. The Labute approximate surface area is 147 Å². The summed E-state index contributed by atoms with van der Waals surface area (Å²) in [6.07, 6.45) is 0. The Balaban J connectivity index is 2.12. The minimum Gasteiger partial charge on any atom is -0.275 e. The second kappa shape index (κ2) is 5.79. The highest BCUT2D eigenvalue weighted by atomic mass is 35.5. The van der Waals surface area contributed by atoms with Crippen LogP contribution in [0.2, 0.25) is 5.02 Å². The van der Waals surface area contributed by atoms with Crippen LogP contribution in [0.15, 0.2) is 70.3 Å². The summed E-state index contributed by atoms with van der Waals surface area (Å²) in [4.78, 5) is 25.5. The normalized spacial score (nSPS) is 11.1. The van der Waals surface area contributed by atoms with E-state index in [1.165, 1.54) is 15.3 Å². The number of nitrogens with one attached hydrogen (secondary N) is 1. The minimum absolute atomic E-state index is 0.200. The average molecular weight is 352 g/mol. The van der Waals surface area contributed by atoms with E-state index in [1.807, 2.05) is 30.3 Å². The first kappa shape index (κ1) is 15.5. The summed E-state index contributed by atoms with van der Waals surface area (Å²) in [6, 6.07) is 17.7. The van der Waals surface area contributed by atoms with Crippen LogP contribution in [0.1, 0.15) is 5.56 Å². The van der Waals surface area contributed by atoms with Gasteiger partial charge in [0.25, 0.3) is 11.1 Å². The molecule has 0 spiro atoms. The number of aryl methyl sites for hydroxylation is 1. The first-order valence-corrected chi connectivity index (χ1v) is 8.13. The molecular formula is C19H14ClN3O2. The van der Waals surface area contributed by atoms with Crippen molar-refractivity contribution < 1.29 is 0 Å². The molecule has 0 aliphatic carbocycles. The van der Waals surface area contributed by atoms with E-state index in [1.54, 1.807) is 31.2 Å². The fourth-order valence-electron chi connectivity index (χ4n) is 3.01. The van der Waals surface area contributed by atoms with Crippen molar-refractivity contribution >= 4 is 22.6 Å². The van der Waals surface area contributed by atoms with E-state index in [0.717, 1.165) is 0 Å². The molecule has 0 aliphatic heterocycles. The van der Waals surface area contributed by atoms with Crippen LogP contribution >= 0.6 is 11.6 Å². The molecule has 0 amide bonds. The quantitative estimate of drug-likeness (QED) is 0.601. The van der Waals surface area contributed by atoms with Crippen LogP contribution in [-0.2, 0) is 0 Å². The van der Waals surface area contributed by atoms with Crippen LogP contribution < -0.4 is 11.1 Å². The Hall–Kier alpha value is -3.05. The number of halogens is 1. The van der Waals surface area contributed by atoms with Gasteiger partial charge in [0.15, 0.2) is 0 Å². The lowest BCUT2D eigenvalue weighted by molar-refractivity contribution is 0.846. The molecule has 124 valence electrons. The van der Waals surface area contributed by atoms with E-state index in [-0.39, 0.29) is 11.1 Å². The Morgan fingerprint density at radius 2 is 1.64 bits per heavy atom. The number of hydrogen-bond donors (Lipinski definition) is 1. The lowest BCUT2D eigenvalue weighted by Crippen LogP contribution is -2.19. The smallest absolute Gasteiger partial charge is 0.275 e. The van der Waals surface area contributed by atoms with E-state index in [9.17, 15) is 9.59 Å². The number of aromatic nitrogens is 3. The molecule has 1 N–H and O–H groups in total. The summed E-state index contributed by atoms with van der Waals surface area (Å²) in [5, 5.41) is 4.06. The molecule has 4 rings (SSSR count). The van der Waals surface area contributed by atoms with Crippen LogP contribution in [0.5, 0.6) is 0 Å². The molecule has 25 heavy (non-hydrogen) atoms. The summed E-state index contributed by atoms with van der Waals surface area (Å²) < 4.78 is 2.91. The van der Waals surface area contributed by atoms with Gasteiger partial charge in [-0.2, -0.15) is 0 Å². The van der Waals surface area contributed by atoms with Crippen molar-refractivity contribution in [1.29, 1.82) is 0 Å². The number of para-hydroxylation sites is 1. The maximum Gasteiger partial charge on any atom is 0.281 e. The van der Waals surface area contributed by atoms with Gasteiger partial charge < -0.3 is 0 Å². The van der Waals surface area contributed by atoms with Crippen molar-refractivity contribution in [2.75, 3.05) is 0 Å². The maximum absolute atomic E-state index is 12.9. The van der Waals surface area contributed by atoms with Crippen LogP contribution in [0.4, 0.5) is 0 Å². The number of aromatic amines is 1. The van der Waals surface area contributed by atoms with Crippen molar-refractivity contribution in [1.82, 2.24) is 14.3 Å². The van der Waals surface area contributed by atoms with Crippen molar-refractivity contribution in [3.63, 3.8) is 0 Å². The van der Waals surface area contributed by atoms with E-state index in [2.05, 4.69) is 5.10 Å². The number of rotatable bonds is 2. The molecule has 4 aromatic rings. The van der Waals surface area contributed by atoms with E-state index in [4.69, 9.17) is 11.6 Å². The zero-order chi connectivity index (χ0) is 17.6. The zero-order valence-electron chi connectivity index (χ0n) is 13.4. The molecule has 0 fully saturated rings. The standard InChI is InChI=1S/C19H14ClN3O2/c1-12-10-16(24)22(15-9-5-6-13(20)11-15)18-17(12)19(25)23(21-18)14-7-3-2-4-8-14/h2-11,21H,1H3. The zero-order valence-corrected chi connectivity index (χ0v) is 14.1. The van der Waals surface area contributed by atoms with Gasteiger partial charge in [-0.25, -0.2) is 4.68 Å². The van der Waals surface area contributed by atoms with E-state index in [0.29, 0.717) is 33.0 Å². The number of nitrogens with zero attached hydrogens (tertiary/aromatic N) is 2. The molecule has 2 aromatic heterocycles. The summed E-state index contributed by atoms with van der Waals surface area (Å²) >= 11 is 6.07. The summed E-state index contributed by atoms with van der Waals surface area (Å²) in [5.74, 6) is 0. The minimum atomic E-state index is -0.228. The van der Waals surface area contributed by atoms with Gasteiger partial charge >= 0.3 is 0 Å². The molecule has 0 aliphatic rings. The monoisotopic (exact) mass is 351 g/mol. The van der Waals surface area contributed by atoms with Crippen molar-refractivity contribution in [2.24, 2.45) is 0 Å². The first-order chi connectivity index (χ1) is 12.1. The Morgan fingerprint density at radius 3 is 2.36 bits per heavy atom. The van der Waals surface area contributed by atoms with Crippen LogP contribution in [0.3, 0.4) is 0 Å². The third-order valence-corrected chi connectivity index (χ3v) is 4.37. The topological polar surface area (TPSA) is 59.8 Å². The molecular weight excluding hydrogens is 338 g/mol. The van der Waals surface area contributed by atoms with E-state index < -0.39 is 0 Å². The first-order valence-electron chi connectivity index (χ1n) is 7.75. The van der Waals surface area contributed by atoms with Gasteiger partial charge in [0.05, 0.1) is 16.8 Å². The van der Waals surface area contributed by atoms with E-state index >= 15 is 0 Å². The number of fused-ring (bicyclic) bond motifs is 1. The summed E-state index contributed by atoms with van der Waals surface area (Å²) in [7, 11) is 0. The summed E-state index contributed by atoms with van der Waals surface area (Å²) in [6.45, 7) is 1.76. The second-order valence-corrected chi connectivity index (χ2v) is 6.23. The van der Waals surface area contributed by atoms with Gasteiger partial charge in [0.1, 0.15) is 5.65 Å². The lowest BCUT2D eigenvalue weighted by atomic mass is 10.2. The predicted octanol–water partition coefficient (Wildman–Crippen LogP) is 3.43. The van der Waals surface area contributed by atoms with Gasteiger partial charge in [0, 0.05) is 11.1 Å². The fourth-order valence-corrected chi connectivity index (χ4v) is 3.19. The van der Waals surface area contributed by atoms with Gasteiger partial charge in [0.2, 0.25) is 0 Å². The molecule has 0 unspecified atom stereocenters. The van der Waals surface area contributed by atoms with Crippen LogP contribution in [-0.4, -0.2) is 14.3 Å². The average Bonchev–Trinajstić information content (AvgIpc) is 2.93. The number of hydrogen-bond acceptors (Lipinski definition) is 2. The van der Waals surface area contributed by atoms with Crippen molar-refractivity contribution in [3.8, 4) is 11.4 Å². The Kier molecular flexibility index (Phi) is 3.58. The third-order valence-electron chi connectivity index (χ3n) is 4.13. The molecule has 0 saturated heterocycles. The lowest BCUT2D eigenvalue weighted by Gasteiger charge is -2.08. The molecule has 0 saturated carbocycles. The van der Waals surface area contributed by atoms with Crippen LogP contribution in [0.25, 0.3) is 22.4 Å². The molecule has 0 bridgehead atoms. The predicted molar refractivity (Wildman–Crippen MR) is 99.2 cm³/mol. The number of pyridine rings is 1. The maximum atomic E-state index is 12.9. The van der Waals surface area contributed by atoms with Gasteiger partial charge in [-0.3, -0.25) is 19.3 Å². The van der Waals surface area contributed by atoms with Gasteiger partial charge in [-0.1, -0.05) is 35.9 Å². The van der Waals surface area contributed by atoms with Gasteiger partial charge in [-0.15, -0.1) is 0 Å². The fraction of sp³-hybridized carbons (Fsp3) is 0.0526. The third kappa shape index (κ3) is 2.49. The Morgan fingerprint density at radius 1 is 0.920 bits per heavy atom. The summed E-state index contributed by atoms with van der Waals surface area (Å²) in [5.41, 5.74) is 1.95. The molecule has 0 radical (unpaired) electrons. The SMILES string of the molecule is Cc1cc(=O)n(-c2cccc(Cl)c2)c2[nH]n(-c3ccccc3)c(=O)c12.